The Morgan fingerprint density at radius 3 is 2.92 bits per heavy atom. The van der Waals surface area contributed by atoms with Crippen molar-refractivity contribution < 1.29 is 9.90 Å². The van der Waals surface area contributed by atoms with E-state index in [1.807, 2.05) is 0 Å². The highest BCUT2D eigenvalue weighted by Gasteiger charge is 2.03. The quantitative estimate of drug-likeness (QED) is 0.706. The SMILES string of the molecule is Nc1c(Br)cccc1NCC(=O)O. The number of hydrogen-bond donors (Lipinski definition) is 3. The van der Waals surface area contributed by atoms with Crippen LogP contribution in [0.2, 0.25) is 0 Å². The fourth-order valence-corrected chi connectivity index (χ4v) is 1.23. The maximum atomic E-state index is 10.3. The molecule has 0 atom stereocenters. The number of hydrogen-bond acceptors (Lipinski definition) is 3. The number of anilines is 2. The predicted octanol–water partition coefficient (Wildman–Crippen LogP) is 1.53. The average molecular weight is 245 g/mol. The Balaban J connectivity index is 2.77. The number of halogens is 1. The molecule has 0 spiro atoms. The second-order valence-electron chi connectivity index (χ2n) is 2.45. The minimum atomic E-state index is -0.917. The molecule has 0 amide bonds. The molecule has 0 saturated heterocycles. The number of carboxylic acids is 1. The monoisotopic (exact) mass is 244 g/mol. The van der Waals surface area contributed by atoms with Crippen molar-refractivity contribution in [1.29, 1.82) is 0 Å². The van der Waals surface area contributed by atoms with E-state index in [4.69, 9.17) is 10.8 Å². The first-order valence-corrected chi connectivity index (χ1v) is 4.40. The van der Waals surface area contributed by atoms with Gasteiger partial charge in [0.25, 0.3) is 0 Å². The Labute approximate surface area is 83.9 Å². The van der Waals surface area contributed by atoms with E-state index in [0.717, 1.165) is 4.47 Å². The number of para-hydroxylation sites is 1. The van der Waals surface area contributed by atoms with Crippen LogP contribution in [-0.4, -0.2) is 17.6 Å². The van der Waals surface area contributed by atoms with E-state index in [-0.39, 0.29) is 6.54 Å². The molecule has 0 aromatic heterocycles. The molecular weight excluding hydrogens is 236 g/mol. The van der Waals surface area contributed by atoms with Gasteiger partial charge in [0.15, 0.2) is 0 Å². The zero-order valence-electron chi connectivity index (χ0n) is 6.75. The largest absolute Gasteiger partial charge is 0.480 e. The van der Waals surface area contributed by atoms with Crippen LogP contribution < -0.4 is 11.1 Å². The third-order valence-corrected chi connectivity index (χ3v) is 2.17. The van der Waals surface area contributed by atoms with Gasteiger partial charge in [-0.15, -0.1) is 0 Å². The van der Waals surface area contributed by atoms with Crippen molar-refractivity contribution in [3.63, 3.8) is 0 Å². The second-order valence-corrected chi connectivity index (χ2v) is 3.30. The Morgan fingerprint density at radius 1 is 1.62 bits per heavy atom. The molecule has 0 radical (unpaired) electrons. The second kappa shape index (κ2) is 4.13. The molecule has 0 aliphatic rings. The van der Waals surface area contributed by atoms with E-state index in [9.17, 15) is 4.79 Å². The Morgan fingerprint density at radius 2 is 2.31 bits per heavy atom. The average Bonchev–Trinajstić information content (AvgIpc) is 2.07. The first-order valence-electron chi connectivity index (χ1n) is 3.61. The van der Waals surface area contributed by atoms with Crippen LogP contribution in [0, 0.1) is 0 Å². The Bertz CT molecular complexity index is 328. The van der Waals surface area contributed by atoms with Crippen LogP contribution in [0.1, 0.15) is 0 Å². The van der Waals surface area contributed by atoms with Crippen LogP contribution in [0.25, 0.3) is 0 Å². The molecule has 0 aliphatic heterocycles. The van der Waals surface area contributed by atoms with E-state index in [1.165, 1.54) is 0 Å². The highest BCUT2D eigenvalue weighted by molar-refractivity contribution is 9.10. The van der Waals surface area contributed by atoms with Gasteiger partial charge >= 0.3 is 5.97 Å². The van der Waals surface area contributed by atoms with E-state index in [0.29, 0.717) is 11.4 Å². The van der Waals surface area contributed by atoms with Crippen molar-refractivity contribution in [3.05, 3.63) is 22.7 Å². The summed E-state index contributed by atoms with van der Waals surface area (Å²) in [4.78, 5) is 10.3. The molecule has 1 aromatic rings. The Hall–Kier alpha value is -1.23. The number of nitrogens with one attached hydrogen (secondary N) is 1. The summed E-state index contributed by atoms with van der Waals surface area (Å²) >= 11 is 3.24. The van der Waals surface area contributed by atoms with Gasteiger partial charge in [-0.3, -0.25) is 4.79 Å². The molecule has 1 rings (SSSR count). The smallest absolute Gasteiger partial charge is 0.322 e. The highest BCUT2D eigenvalue weighted by Crippen LogP contribution is 2.26. The van der Waals surface area contributed by atoms with Crippen molar-refractivity contribution in [3.8, 4) is 0 Å². The number of benzene rings is 1. The molecule has 0 fully saturated rings. The lowest BCUT2D eigenvalue weighted by Gasteiger charge is -2.07. The van der Waals surface area contributed by atoms with Crippen LogP contribution in [0.15, 0.2) is 22.7 Å². The number of rotatable bonds is 3. The number of carbonyl (C=O) groups is 1. The zero-order chi connectivity index (χ0) is 9.84. The summed E-state index contributed by atoms with van der Waals surface area (Å²) in [5.41, 5.74) is 6.81. The lowest BCUT2D eigenvalue weighted by atomic mass is 10.3. The van der Waals surface area contributed by atoms with E-state index >= 15 is 0 Å². The molecule has 70 valence electrons. The van der Waals surface area contributed by atoms with Crippen molar-refractivity contribution in [1.82, 2.24) is 0 Å². The molecular formula is C8H9BrN2O2. The third kappa shape index (κ3) is 2.62. The number of nitrogen functional groups attached to an aromatic ring is 1. The number of carboxylic acid groups (broad SMARTS) is 1. The molecule has 13 heavy (non-hydrogen) atoms. The molecule has 4 N–H and O–H groups in total. The molecule has 0 saturated carbocycles. The Kier molecular flexibility index (Phi) is 3.13. The van der Waals surface area contributed by atoms with Crippen molar-refractivity contribution in [2.45, 2.75) is 0 Å². The van der Waals surface area contributed by atoms with Gasteiger partial charge in [0, 0.05) is 4.47 Å². The van der Waals surface area contributed by atoms with Gasteiger partial charge in [0.1, 0.15) is 6.54 Å². The number of aliphatic carboxylic acids is 1. The van der Waals surface area contributed by atoms with Gasteiger partial charge in [-0.25, -0.2) is 0 Å². The molecule has 4 nitrogen and oxygen atoms in total. The summed E-state index contributed by atoms with van der Waals surface area (Å²) < 4.78 is 0.753. The minimum absolute atomic E-state index is 0.138. The van der Waals surface area contributed by atoms with E-state index in [2.05, 4.69) is 21.2 Å². The van der Waals surface area contributed by atoms with Crippen LogP contribution in [0.3, 0.4) is 0 Å². The lowest BCUT2D eigenvalue weighted by molar-refractivity contribution is -0.134. The fraction of sp³-hybridized carbons (Fsp3) is 0.125. The van der Waals surface area contributed by atoms with Gasteiger partial charge in [-0.1, -0.05) is 6.07 Å². The normalized spacial score (nSPS) is 9.62. The standard InChI is InChI=1S/C8H9BrN2O2/c9-5-2-1-3-6(8(5)10)11-4-7(12)13/h1-3,11H,4,10H2,(H,12,13). The van der Waals surface area contributed by atoms with Crippen LogP contribution in [0.5, 0.6) is 0 Å². The van der Waals surface area contributed by atoms with E-state index < -0.39 is 5.97 Å². The molecule has 0 aliphatic carbocycles. The molecule has 0 bridgehead atoms. The molecule has 5 heteroatoms. The summed E-state index contributed by atoms with van der Waals surface area (Å²) in [5.74, 6) is -0.917. The van der Waals surface area contributed by atoms with Crippen LogP contribution in [0.4, 0.5) is 11.4 Å². The van der Waals surface area contributed by atoms with Gasteiger partial charge in [-0.2, -0.15) is 0 Å². The maximum Gasteiger partial charge on any atom is 0.322 e. The summed E-state index contributed by atoms with van der Waals surface area (Å²) in [6.45, 7) is -0.138. The zero-order valence-corrected chi connectivity index (χ0v) is 8.34. The van der Waals surface area contributed by atoms with Crippen LogP contribution in [-0.2, 0) is 4.79 Å². The molecule has 1 aromatic carbocycles. The van der Waals surface area contributed by atoms with Gasteiger partial charge in [-0.05, 0) is 28.1 Å². The predicted molar refractivity (Wildman–Crippen MR) is 54.7 cm³/mol. The lowest BCUT2D eigenvalue weighted by Crippen LogP contribution is -2.13. The summed E-state index contributed by atoms with van der Waals surface area (Å²) in [7, 11) is 0. The third-order valence-electron chi connectivity index (χ3n) is 1.48. The first-order chi connectivity index (χ1) is 6.11. The minimum Gasteiger partial charge on any atom is -0.480 e. The van der Waals surface area contributed by atoms with Crippen molar-refractivity contribution in [2.75, 3.05) is 17.6 Å². The number of nitrogens with two attached hydrogens (primary N) is 1. The summed E-state index contributed by atoms with van der Waals surface area (Å²) in [5, 5.41) is 11.1. The first kappa shape index (κ1) is 9.85. The topological polar surface area (TPSA) is 75.3 Å². The van der Waals surface area contributed by atoms with Gasteiger partial charge < -0.3 is 16.2 Å². The van der Waals surface area contributed by atoms with Crippen molar-refractivity contribution in [2.24, 2.45) is 0 Å². The fourth-order valence-electron chi connectivity index (χ4n) is 0.862. The van der Waals surface area contributed by atoms with Crippen molar-refractivity contribution >= 4 is 33.3 Å². The van der Waals surface area contributed by atoms with Gasteiger partial charge in [0.2, 0.25) is 0 Å². The molecule has 0 unspecified atom stereocenters. The summed E-state index contributed by atoms with van der Waals surface area (Å²) in [6.07, 6.45) is 0. The maximum absolute atomic E-state index is 10.3. The summed E-state index contributed by atoms with van der Waals surface area (Å²) in [6, 6.07) is 5.30. The molecule has 0 heterocycles. The van der Waals surface area contributed by atoms with E-state index in [1.54, 1.807) is 18.2 Å². The van der Waals surface area contributed by atoms with Crippen LogP contribution >= 0.6 is 15.9 Å². The van der Waals surface area contributed by atoms with Gasteiger partial charge in [0.05, 0.1) is 11.4 Å². The highest BCUT2D eigenvalue weighted by atomic mass is 79.9.